The highest BCUT2D eigenvalue weighted by Crippen LogP contribution is 2.33. The Balaban J connectivity index is 1.50. The molecule has 5 rings (SSSR count). The van der Waals surface area contributed by atoms with E-state index in [1.165, 1.54) is 17.4 Å². The van der Waals surface area contributed by atoms with Gasteiger partial charge < -0.3 is 9.47 Å². The molecule has 4 aromatic rings. The quantitative estimate of drug-likeness (QED) is 0.404. The maximum atomic E-state index is 13.9. The summed E-state index contributed by atoms with van der Waals surface area (Å²) in [5.74, 6) is 0.458. The average molecular weight is 472 g/mol. The highest BCUT2D eigenvalue weighted by molar-refractivity contribution is 7.18. The molecule has 1 aliphatic heterocycles. The lowest BCUT2D eigenvalue weighted by molar-refractivity contribution is 0.0323. The Kier molecular flexibility index (Phi) is 6.31. The van der Waals surface area contributed by atoms with Gasteiger partial charge in [-0.05, 0) is 23.6 Å². The number of rotatable bonds is 7. The van der Waals surface area contributed by atoms with Crippen LogP contribution in [0.2, 0.25) is 0 Å². The molecular weight excluding hydrogens is 449 g/mol. The minimum atomic E-state index is -0.417. The van der Waals surface area contributed by atoms with Gasteiger partial charge in [0.05, 0.1) is 31.7 Å². The molecule has 0 aliphatic carbocycles. The van der Waals surface area contributed by atoms with Crippen molar-refractivity contribution in [3.05, 3.63) is 69.2 Å². The van der Waals surface area contributed by atoms with E-state index in [2.05, 4.69) is 4.90 Å². The van der Waals surface area contributed by atoms with Crippen LogP contribution in [0.15, 0.2) is 52.0 Å². The molecule has 0 bridgehead atoms. The number of ether oxygens (including phenoxy) is 2. The van der Waals surface area contributed by atoms with Crippen LogP contribution in [0.1, 0.15) is 5.82 Å². The Bertz CT molecular complexity index is 1260. The summed E-state index contributed by atoms with van der Waals surface area (Å²) in [7, 11) is 0. The van der Waals surface area contributed by atoms with Crippen molar-refractivity contribution < 1.29 is 13.9 Å². The third-order valence-corrected chi connectivity index (χ3v) is 7.21. The zero-order chi connectivity index (χ0) is 21.9. The Morgan fingerprint density at radius 3 is 2.75 bits per heavy atom. The molecule has 1 fully saturated rings. The van der Waals surface area contributed by atoms with E-state index in [1.54, 1.807) is 34.1 Å². The molecule has 0 amide bonds. The summed E-state index contributed by atoms with van der Waals surface area (Å²) in [6.45, 7) is 3.95. The van der Waals surface area contributed by atoms with E-state index < -0.39 is 5.82 Å². The van der Waals surface area contributed by atoms with Crippen molar-refractivity contribution in [1.29, 1.82) is 0 Å². The van der Waals surface area contributed by atoms with Crippen LogP contribution in [0.3, 0.4) is 0 Å². The highest BCUT2D eigenvalue weighted by Gasteiger charge is 2.20. The Morgan fingerprint density at radius 1 is 1.12 bits per heavy atom. The Morgan fingerprint density at radius 2 is 1.97 bits per heavy atom. The van der Waals surface area contributed by atoms with Crippen LogP contribution in [-0.2, 0) is 17.8 Å². The molecule has 0 saturated carbocycles. The van der Waals surface area contributed by atoms with Gasteiger partial charge in [-0.25, -0.2) is 9.37 Å². The smallest absolute Gasteiger partial charge is 0.263 e. The largest absolute Gasteiger partial charge is 0.489 e. The first-order valence-corrected chi connectivity index (χ1v) is 12.2. The number of fused-ring (bicyclic) bond motifs is 1. The zero-order valence-corrected chi connectivity index (χ0v) is 19.0. The minimum absolute atomic E-state index is 0.0833. The maximum absolute atomic E-state index is 13.9. The molecule has 3 aromatic heterocycles. The summed E-state index contributed by atoms with van der Waals surface area (Å²) in [6.07, 6.45) is 0. The summed E-state index contributed by atoms with van der Waals surface area (Å²) in [5.41, 5.74) is 0.833. The van der Waals surface area contributed by atoms with Crippen LogP contribution in [0.5, 0.6) is 5.75 Å². The predicted octanol–water partition coefficient (Wildman–Crippen LogP) is 4.24. The van der Waals surface area contributed by atoms with Crippen molar-refractivity contribution in [2.75, 3.05) is 32.9 Å². The number of para-hydroxylation sites is 1. The summed E-state index contributed by atoms with van der Waals surface area (Å²) < 4.78 is 26.7. The summed E-state index contributed by atoms with van der Waals surface area (Å²) >= 11 is 3.09. The van der Waals surface area contributed by atoms with Crippen molar-refractivity contribution >= 4 is 32.9 Å². The topological polar surface area (TPSA) is 56.6 Å². The molecule has 9 heteroatoms. The normalized spacial score (nSPS) is 14.8. The molecule has 0 N–H and O–H groups in total. The second kappa shape index (κ2) is 9.50. The third kappa shape index (κ3) is 4.33. The van der Waals surface area contributed by atoms with E-state index in [-0.39, 0.29) is 24.5 Å². The van der Waals surface area contributed by atoms with E-state index >= 15 is 0 Å². The predicted molar refractivity (Wildman–Crippen MR) is 125 cm³/mol. The van der Waals surface area contributed by atoms with Crippen molar-refractivity contribution in [3.8, 4) is 16.2 Å². The van der Waals surface area contributed by atoms with Crippen molar-refractivity contribution in [2.24, 2.45) is 0 Å². The van der Waals surface area contributed by atoms with Gasteiger partial charge in [-0.2, -0.15) is 0 Å². The third-order valence-electron chi connectivity index (χ3n) is 5.44. The minimum Gasteiger partial charge on any atom is -0.489 e. The SMILES string of the molecule is O=c1c2c(-c3cccs3)csc2nc(CN2CCOCC2)n1CCOc1ccccc1F. The molecule has 32 heavy (non-hydrogen) atoms. The number of hydrogen-bond donors (Lipinski definition) is 0. The molecule has 6 nitrogen and oxygen atoms in total. The fourth-order valence-corrected chi connectivity index (χ4v) is 5.57. The van der Waals surface area contributed by atoms with Crippen molar-refractivity contribution in [3.63, 3.8) is 0 Å². The fourth-order valence-electron chi connectivity index (χ4n) is 3.80. The zero-order valence-electron chi connectivity index (χ0n) is 17.3. The van der Waals surface area contributed by atoms with Crippen LogP contribution in [-0.4, -0.2) is 47.4 Å². The number of benzene rings is 1. The van der Waals surface area contributed by atoms with Gasteiger partial charge in [-0.15, -0.1) is 22.7 Å². The maximum Gasteiger partial charge on any atom is 0.263 e. The monoisotopic (exact) mass is 471 g/mol. The summed E-state index contributed by atoms with van der Waals surface area (Å²) in [5, 5.41) is 4.64. The van der Waals surface area contributed by atoms with E-state index in [0.29, 0.717) is 31.0 Å². The van der Waals surface area contributed by atoms with Gasteiger partial charge in [-0.1, -0.05) is 18.2 Å². The standard InChI is InChI=1S/C23H22FN3O3S2/c24-17-4-1-2-5-18(17)30-12-9-27-20(14-26-7-10-29-11-8-26)25-22-21(23(27)28)16(15-32-22)19-6-3-13-31-19/h1-6,13,15H,7-12,14H2. The van der Waals surface area contributed by atoms with Gasteiger partial charge in [0.25, 0.3) is 5.56 Å². The molecule has 0 spiro atoms. The van der Waals surface area contributed by atoms with Crippen LogP contribution in [0.4, 0.5) is 4.39 Å². The lowest BCUT2D eigenvalue weighted by atomic mass is 10.2. The lowest BCUT2D eigenvalue weighted by Gasteiger charge is -2.27. The van der Waals surface area contributed by atoms with Crippen molar-refractivity contribution in [2.45, 2.75) is 13.1 Å². The van der Waals surface area contributed by atoms with Gasteiger partial charge in [-0.3, -0.25) is 14.3 Å². The van der Waals surface area contributed by atoms with Gasteiger partial charge >= 0.3 is 0 Å². The molecule has 0 radical (unpaired) electrons. The molecule has 1 aliphatic rings. The van der Waals surface area contributed by atoms with Gasteiger partial charge in [0.2, 0.25) is 0 Å². The van der Waals surface area contributed by atoms with Gasteiger partial charge in [0.1, 0.15) is 17.3 Å². The Labute approximate surface area is 192 Å². The van der Waals surface area contributed by atoms with Gasteiger partial charge in [0.15, 0.2) is 11.6 Å². The second-order valence-electron chi connectivity index (χ2n) is 7.46. The molecular formula is C23H22FN3O3S2. The number of thiophene rings is 2. The summed E-state index contributed by atoms with van der Waals surface area (Å²) in [6, 6.07) is 10.3. The second-order valence-corrected chi connectivity index (χ2v) is 9.26. The van der Waals surface area contributed by atoms with Crippen LogP contribution in [0.25, 0.3) is 20.7 Å². The molecule has 4 heterocycles. The number of aromatic nitrogens is 2. The first-order valence-electron chi connectivity index (χ1n) is 10.4. The number of morpholine rings is 1. The van der Waals surface area contributed by atoms with E-state index in [1.807, 2.05) is 22.9 Å². The number of nitrogens with zero attached hydrogens (tertiary/aromatic N) is 3. The van der Waals surface area contributed by atoms with Crippen LogP contribution in [0, 0.1) is 5.82 Å². The van der Waals surface area contributed by atoms with Gasteiger partial charge in [0, 0.05) is 28.9 Å². The number of hydrogen-bond acceptors (Lipinski definition) is 7. The first kappa shape index (κ1) is 21.3. The average Bonchev–Trinajstić information content (AvgIpc) is 3.48. The first-order chi connectivity index (χ1) is 15.7. The van der Waals surface area contributed by atoms with Crippen LogP contribution < -0.4 is 10.3 Å². The molecule has 1 aromatic carbocycles. The number of halogens is 1. The Hall–Kier alpha value is -2.59. The van der Waals surface area contributed by atoms with Crippen molar-refractivity contribution in [1.82, 2.24) is 14.5 Å². The molecule has 1 saturated heterocycles. The fraction of sp³-hybridized carbons (Fsp3) is 0.304. The lowest BCUT2D eigenvalue weighted by Crippen LogP contribution is -2.38. The van der Waals surface area contributed by atoms with E-state index in [4.69, 9.17) is 14.5 Å². The molecule has 166 valence electrons. The van der Waals surface area contributed by atoms with E-state index in [0.717, 1.165) is 28.4 Å². The van der Waals surface area contributed by atoms with Crippen LogP contribution >= 0.6 is 22.7 Å². The van der Waals surface area contributed by atoms with E-state index in [9.17, 15) is 9.18 Å². The molecule has 0 unspecified atom stereocenters. The molecule has 0 atom stereocenters. The summed E-state index contributed by atoms with van der Waals surface area (Å²) in [4.78, 5) is 22.5. The highest BCUT2D eigenvalue weighted by atomic mass is 32.1.